The summed E-state index contributed by atoms with van der Waals surface area (Å²) in [6.45, 7) is 4.44. The van der Waals surface area contributed by atoms with Gasteiger partial charge in [-0.2, -0.15) is 13.2 Å². The monoisotopic (exact) mass is 425 g/mol. The predicted molar refractivity (Wildman–Crippen MR) is 104 cm³/mol. The van der Waals surface area contributed by atoms with Crippen LogP contribution < -0.4 is 5.73 Å². The third-order valence-electron chi connectivity index (χ3n) is 5.98. The van der Waals surface area contributed by atoms with Crippen LogP contribution in [0.15, 0.2) is 48.5 Å². The Balaban J connectivity index is 1.94. The van der Waals surface area contributed by atoms with Crippen LogP contribution in [0.5, 0.6) is 0 Å². The van der Waals surface area contributed by atoms with Gasteiger partial charge in [-0.3, -0.25) is 0 Å². The maximum Gasteiger partial charge on any atom is 0.416 e. The van der Waals surface area contributed by atoms with Crippen molar-refractivity contribution in [1.29, 1.82) is 0 Å². The topological polar surface area (TPSA) is 52.3 Å². The number of likely N-dealkylation sites (tertiary alicyclic amines) is 1. The van der Waals surface area contributed by atoms with E-state index in [0.717, 1.165) is 12.5 Å². The lowest BCUT2D eigenvalue weighted by Crippen LogP contribution is -2.74. The molecule has 0 bridgehead atoms. The highest BCUT2D eigenvalue weighted by Crippen LogP contribution is 2.40. The number of quaternary nitrogens is 1. The van der Waals surface area contributed by atoms with E-state index < -0.39 is 35.8 Å². The van der Waals surface area contributed by atoms with E-state index in [2.05, 4.69) is 0 Å². The second kappa shape index (κ2) is 8.35. The Labute approximate surface area is 172 Å². The van der Waals surface area contributed by atoms with E-state index in [1.807, 2.05) is 13.8 Å². The first-order valence-electron chi connectivity index (χ1n) is 9.82. The highest BCUT2D eigenvalue weighted by Gasteiger charge is 2.53. The molecule has 30 heavy (non-hydrogen) atoms. The van der Waals surface area contributed by atoms with Gasteiger partial charge in [-0.15, -0.1) is 0 Å². The van der Waals surface area contributed by atoms with Crippen LogP contribution in [-0.2, 0) is 10.9 Å². The Morgan fingerprint density at radius 2 is 1.77 bits per heavy atom. The fourth-order valence-corrected chi connectivity index (χ4v) is 4.01. The molecule has 1 saturated heterocycles. The van der Waals surface area contributed by atoms with Crippen molar-refractivity contribution in [1.82, 2.24) is 0 Å². The van der Waals surface area contributed by atoms with Crippen LogP contribution in [0.2, 0.25) is 0 Å². The van der Waals surface area contributed by atoms with Gasteiger partial charge in [0.15, 0.2) is 6.10 Å². The Hall–Kier alpha value is -2.45. The lowest BCUT2D eigenvalue weighted by atomic mass is 9.94. The minimum absolute atomic E-state index is 0.0194. The molecule has 0 radical (unpaired) electrons. The Bertz CT molecular complexity index is 893. The minimum Gasteiger partial charge on any atom is -0.354 e. The maximum absolute atomic E-state index is 13.6. The summed E-state index contributed by atoms with van der Waals surface area (Å²) in [5.41, 5.74) is 5.15. The zero-order valence-electron chi connectivity index (χ0n) is 16.8. The number of amides is 2. The number of carbonyl (C=O) groups excluding carboxylic acids is 1. The van der Waals surface area contributed by atoms with Gasteiger partial charge in [0.2, 0.25) is 0 Å². The summed E-state index contributed by atoms with van der Waals surface area (Å²) in [4.78, 5) is 12.0. The zero-order valence-corrected chi connectivity index (χ0v) is 16.8. The minimum atomic E-state index is -4.57. The molecule has 2 N–H and O–H groups in total. The van der Waals surface area contributed by atoms with Gasteiger partial charge in [0, 0.05) is 0 Å². The van der Waals surface area contributed by atoms with Crippen LogP contribution in [0.4, 0.5) is 22.4 Å². The van der Waals surface area contributed by atoms with Crippen LogP contribution in [0.3, 0.4) is 0 Å². The van der Waals surface area contributed by atoms with E-state index >= 15 is 0 Å². The molecule has 1 aliphatic rings. The number of alkyl halides is 3. The maximum atomic E-state index is 13.6. The molecule has 162 valence electrons. The van der Waals surface area contributed by atoms with E-state index in [0.29, 0.717) is 5.56 Å². The molecule has 2 aromatic rings. The normalized spacial score (nSPS) is 23.5. The molecule has 3 rings (SSSR count). The predicted octanol–water partition coefficient (Wildman–Crippen LogP) is 5.03. The van der Waals surface area contributed by atoms with Crippen molar-refractivity contribution in [3.63, 3.8) is 0 Å². The standard InChI is InChI=1S/C22H24F4N2O2/c1-3-14(2)28(21(27)29)12-17(13-28)30-20(15-8-10-16(23)11-9-15)18-6-4-5-7-19(18)22(24,25)26/h4-11,14,17,20H,3,12-13H2,1-2H3,(H-,27,29)/p+1. The number of nitrogens with zero attached hydrogens (tertiary/aromatic N) is 1. The summed E-state index contributed by atoms with van der Waals surface area (Å²) in [6, 6.07) is 9.89. The number of carbonyl (C=O) groups is 1. The first kappa shape index (κ1) is 22.2. The molecule has 1 aliphatic heterocycles. The van der Waals surface area contributed by atoms with Crippen molar-refractivity contribution < 1.29 is 31.6 Å². The molecule has 1 fully saturated rings. The van der Waals surface area contributed by atoms with Gasteiger partial charge in [0.25, 0.3) is 0 Å². The molecule has 2 atom stereocenters. The van der Waals surface area contributed by atoms with E-state index in [1.54, 1.807) is 0 Å². The van der Waals surface area contributed by atoms with Gasteiger partial charge in [-0.05, 0) is 42.7 Å². The van der Waals surface area contributed by atoms with E-state index in [4.69, 9.17) is 10.5 Å². The number of rotatable bonds is 6. The number of urea groups is 1. The van der Waals surface area contributed by atoms with Crippen LogP contribution in [0.25, 0.3) is 0 Å². The van der Waals surface area contributed by atoms with E-state index in [9.17, 15) is 22.4 Å². The quantitative estimate of drug-likeness (QED) is 0.522. The van der Waals surface area contributed by atoms with Crippen molar-refractivity contribution in [3.05, 3.63) is 71.0 Å². The van der Waals surface area contributed by atoms with Crippen molar-refractivity contribution in [2.75, 3.05) is 13.1 Å². The van der Waals surface area contributed by atoms with Crippen LogP contribution in [0.1, 0.15) is 43.1 Å². The molecule has 8 heteroatoms. The summed E-state index contributed by atoms with van der Waals surface area (Å²) >= 11 is 0. The number of hydrogen-bond acceptors (Lipinski definition) is 2. The fourth-order valence-electron chi connectivity index (χ4n) is 4.01. The summed E-state index contributed by atoms with van der Waals surface area (Å²) in [6.07, 6.45) is -5.35. The summed E-state index contributed by atoms with van der Waals surface area (Å²) in [7, 11) is 0. The smallest absolute Gasteiger partial charge is 0.354 e. The third kappa shape index (κ3) is 4.20. The molecule has 2 amide bonds. The third-order valence-corrected chi connectivity index (χ3v) is 5.98. The molecule has 2 unspecified atom stereocenters. The summed E-state index contributed by atoms with van der Waals surface area (Å²) in [5.74, 6) is -0.494. The second-order valence-electron chi connectivity index (χ2n) is 7.77. The molecular weight excluding hydrogens is 400 g/mol. The van der Waals surface area contributed by atoms with Crippen LogP contribution in [0, 0.1) is 5.82 Å². The van der Waals surface area contributed by atoms with E-state index in [1.165, 1.54) is 42.5 Å². The van der Waals surface area contributed by atoms with Gasteiger partial charge in [0.1, 0.15) is 25.0 Å². The molecule has 0 aliphatic carbocycles. The molecule has 0 aromatic heterocycles. The van der Waals surface area contributed by atoms with Gasteiger partial charge in [-0.1, -0.05) is 37.3 Å². The average molecular weight is 425 g/mol. The SMILES string of the molecule is CCC(C)[N+]1(C(N)=O)CC(OC(c2ccc(F)cc2)c2ccccc2C(F)(F)F)C1. The number of ether oxygens (including phenoxy) is 1. The number of benzene rings is 2. The van der Waals surface area contributed by atoms with Crippen molar-refractivity contribution >= 4 is 6.03 Å². The highest BCUT2D eigenvalue weighted by molar-refractivity contribution is 5.65. The summed E-state index contributed by atoms with van der Waals surface area (Å²) < 4.78 is 60.4. The molecule has 1 heterocycles. The van der Waals surface area contributed by atoms with Crippen molar-refractivity contribution in [3.8, 4) is 0 Å². The first-order valence-corrected chi connectivity index (χ1v) is 9.82. The largest absolute Gasteiger partial charge is 0.416 e. The van der Waals surface area contributed by atoms with Crippen molar-refractivity contribution in [2.24, 2.45) is 5.73 Å². The molecule has 0 spiro atoms. The van der Waals surface area contributed by atoms with Gasteiger partial charge >= 0.3 is 12.2 Å². The highest BCUT2D eigenvalue weighted by atomic mass is 19.4. The zero-order chi connectivity index (χ0) is 22.1. The Morgan fingerprint density at radius 3 is 2.30 bits per heavy atom. The molecule has 4 nitrogen and oxygen atoms in total. The second-order valence-corrected chi connectivity index (χ2v) is 7.77. The van der Waals surface area contributed by atoms with Crippen LogP contribution >= 0.6 is 0 Å². The van der Waals surface area contributed by atoms with Gasteiger partial charge in [-0.25, -0.2) is 13.7 Å². The number of halogens is 4. The van der Waals surface area contributed by atoms with Crippen molar-refractivity contribution in [2.45, 2.75) is 44.7 Å². The lowest BCUT2D eigenvalue weighted by molar-refractivity contribution is -0.921. The summed E-state index contributed by atoms with van der Waals surface area (Å²) in [5, 5.41) is 0. The van der Waals surface area contributed by atoms with Crippen LogP contribution in [-0.4, -0.2) is 35.7 Å². The average Bonchev–Trinajstić information content (AvgIpc) is 2.67. The van der Waals surface area contributed by atoms with E-state index in [-0.39, 0.29) is 29.2 Å². The lowest BCUT2D eigenvalue weighted by Gasteiger charge is -2.50. The molecular formula is C22H25F4N2O2+. The Morgan fingerprint density at radius 1 is 1.17 bits per heavy atom. The fraction of sp³-hybridized carbons (Fsp3) is 0.409. The number of nitrogens with two attached hydrogens (primary N) is 1. The van der Waals surface area contributed by atoms with Gasteiger partial charge in [0.05, 0.1) is 11.6 Å². The Kier molecular flexibility index (Phi) is 6.19. The van der Waals surface area contributed by atoms with Gasteiger partial charge < -0.3 is 10.5 Å². The first-order chi connectivity index (χ1) is 14.1. The molecule has 0 saturated carbocycles. The number of hydrogen-bond donors (Lipinski definition) is 1. The molecule has 2 aromatic carbocycles. The number of primary amides is 1.